The largest absolute Gasteiger partial charge is 0.482 e. The van der Waals surface area contributed by atoms with Crippen LogP contribution in [-0.2, 0) is 6.18 Å². The molecule has 19 heavy (non-hydrogen) atoms. The van der Waals surface area contributed by atoms with Crippen LogP contribution in [0.15, 0.2) is 12.1 Å². The molecule has 1 rings (SSSR count). The number of halogens is 3. The predicted octanol–water partition coefficient (Wildman–Crippen LogP) is 2.92. The van der Waals surface area contributed by atoms with E-state index in [-0.39, 0.29) is 18.7 Å². The Kier molecular flexibility index (Phi) is 3.92. The fourth-order valence-electron chi connectivity index (χ4n) is 1.33. The lowest BCUT2D eigenvalue weighted by atomic mass is 10.1. The fraction of sp³-hybridized carbons (Fsp3) is 0.333. The molecule has 0 heterocycles. The maximum Gasteiger partial charge on any atom is 0.416 e. The molecule has 0 aliphatic rings. The minimum atomic E-state index is -4.93. The van der Waals surface area contributed by atoms with Crippen molar-refractivity contribution in [2.45, 2.75) is 13.1 Å². The van der Waals surface area contributed by atoms with Crippen LogP contribution in [0.1, 0.15) is 12.5 Å². The summed E-state index contributed by atoms with van der Waals surface area (Å²) >= 11 is 0. The average Bonchev–Trinajstić information content (AvgIpc) is 2.27. The fourth-order valence-corrected chi connectivity index (χ4v) is 1.33. The Labute approximate surface area is 103 Å². The summed E-state index contributed by atoms with van der Waals surface area (Å²) < 4.78 is 42.2. The first-order valence-electron chi connectivity index (χ1n) is 4.85. The number of nitro groups is 2. The van der Waals surface area contributed by atoms with Crippen molar-refractivity contribution in [2.75, 3.05) is 6.61 Å². The van der Waals surface area contributed by atoms with Gasteiger partial charge in [-0.15, -0.1) is 0 Å². The zero-order valence-electron chi connectivity index (χ0n) is 9.43. The van der Waals surface area contributed by atoms with E-state index in [4.69, 9.17) is 4.74 Å². The smallest absolute Gasteiger partial charge is 0.416 e. The number of nitrogens with zero attached hydrogens (tertiary/aromatic N) is 2. The Bertz CT molecular complexity index is 494. The van der Waals surface area contributed by atoms with Gasteiger partial charge in [-0.2, -0.15) is 13.2 Å². The van der Waals surface area contributed by atoms with E-state index in [9.17, 15) is 33.4 Å². The van der Waals surface area contributed by atoms with E-state index in [0.717, 1.165) is 0 Å². The minimum Gasteiger partial charge on any atom is -0.482 e. The highest BCUT2D eigenvalue weighted by atomic mass is 19.4. The van der Waals surface area contributed by atoms with Gasteiger partial charge < -0.3 is 4.74 Å². The summed E-state index contributed by atoms with van der Waals surface area (Å²) in [6.45, 7) is 1.23. The standard InChI is InChI=1S/C9H7F3N2O5/c1-2-19-8-6(13(15)16)3-5(9(10,11)12)4-7(8)14(17)18/h3-4H,2H2,1H3. The van der Waals surface area contributed by atoms with Crippen molar-refractivity contribution in [2.24, 2.45) is 0 Å². The lowest BCUT2D eigenvalue weighted by Crippen LogP contribution is -2.09. The van der Waals surface area contributed by atoms with Crippen molar-refractivity contribution in [3.63, 3.8) is 0 Å². The van der Waals surface area contributed by atoms with E-state index in [1.807, 2.05) is 0 Å². The lowest BCUT2D eigenvalue weighted by molar-refractivity contribution is -0.396. The Balaban J connectivity index is 3.62. The highest BCUT2D eigenvalue weighted by Crippen LogP contribution is 2.42. The van der Waals surface area contributed by atoms with Crippen LogP contribution in [-0.4, -0.2) is 16.5 Å². The molecule has 0 spiro atoms. The molecule has 0 bridgehead atoms. The number of alkyl halides is 3. The van der Waals surface area contributed by atoms with Crippen LogP contribution in [0.2, 0.25) is 0 Å². The first-order valence-corrected chi connectivity index (χ1v) is 4.85. The first kappa shape index (κ1) is 14.7. The Morgan fingerprint density at radius 3 is 1.84 bits per heavy atom. The van der Waals surface area contributed by atoms with Crippen LogP contribution in [0, 0.1) is 20.2 Å². The molecule has 104 valence electrons. The third kappa shape index (κ3) is 3.09. The van der Waals surface area contributed by atoms with E-state index in [1.54, 1.807) is 0 Å². The summed E-state index contributed by atoms with van der Waals surface area (Å²) in [5, 5.41) is 21.4. The highest BCUT2D eigenvalue weighted by molar-refractivity contribution is 5.62. The molecule has 0 fully saturated rings. The molecule has 0 aromatic heterocycles. The minimum absolute atomic E-state index is 0.160. The van der Waals surface area contributed by atoms with Gasteiger partial charge in [-0.05, 0) is 6.92 Å². The number of benzene rings is 1. The summed E-state index contributed by atoms with van der Waals surface area (Å²) in [7, 11) is 0. The van der Waals surface area contributed by atoms with Gasteiger partial charge in [0.2, 0.25) is 0 Å². The summed E-state index contributed by atoms with van der Waals surface area (Å²) in [5.41, 5.74) is -3.67. The molecular weight excluding hydrogens is 273 g/mol. The normalized spacial score (nSPS) is 11.2. The molecule has 0 saturated heterocycles. The molecule has 10 heteroatoms. The van der Waals surface area contributed by atoms with Crippen molar-refractivity contribution in [1.82, 2.24) is 0 Å². The third-order valence-corrected chi connectivity index (χ3v) is 2.06. The highest BCUT2D eigenvalue weighted by Gasteiger charge is 2.38. The van der Waals surface area contributed by atoms with Gasteiger partial charge in [0.25, 0.3) is 5.75 Å². The quantitative estimate of drug-likeness (QED) is 0.624. The van der Waals surface area contributed by atoms with E-state index in [2.05, 4.69) is 0 Å². The van der Waals surface area contributed by atoms with Crippen molar-refractivity contribution in [3.05, 3.63) is 37.9 Å². The van der Waals surface area contributed by atoms with Crippen molar-refractivity contribution >= 4 is 11.4 Å². The van der Waals surface area contributed by atoms with Crippen molar-refractivity contribution < 1.29 is 27.8 Å². The Morgan fingerprint density at radius 2 is 1.58 bits per heavy atom. The van der Waals surface area contributed by atoms with Gasteiger partial charge in [-0.3, -0.25) is 20.2 Å². The predicted molar refractivity (Wildman–Crippen MR) is 55.9 cm³/mol. The second kappa shape index (κ2) is 5.08. The van der Waals surface area contributed by atoms with Crippen LogP contribution in [0.5, 0.6) is 5.75 Å². The summed E-state index contributed by atoms with van der Waals surface area (Å²) in [5.74, 6) is -0.787. The average molecular weight is 280 g/mol. The van der Waals surface area contributed by atoms with Crippen LogP contribution in [0.4, 0.5) is 24.5 Å². The van der Waals surface area contributed by atoms with E-state index < -0.39 is 38.7 Å². The molecular formula is C9H7F3N2O5. The summed E-state index contributed by atoms with van der Waals surface area (Å²) in [6.07, 6.45) is -4.93. The molecule has 1 aromatic carbocycles. The summed E-state index contributed by atoms with van der Waals surface area (Å²) in [6, 6.07) is 0.413. The van der Waals surface area contributed by atoms with E-state index in [1.165, 1.54) is 6.92 Å². The maximum atomic E-state index is 12.5. The number of ether oxygens (including phenoxy) is 1. The Morgan fingerprint density at radius 1 is 1.16 bits per heavy atom. The van der Waals surface area contributed by atoms with Gasteiger partial charge in [0.05, 0.1) is 22.0 Å². The molecule has 1 aromatic rings. The van der Waals surface area contributed by atoms with Gasteiger partial charge in [0.15, 0.2) is 0 Å². The molecule has 0 N–H and O–H groups in total. The molecule has 0 aliphatic carbocycles. The maximum absolute atomic E-state index is 12.5. The van der Waals surface area contributed by atoms with Gasteiger partial charge in [-0.1, -0.05) is 0 Å². The van der Waals surface area contributed by atoms with Gasteiger partial charge in [0.1, 0.15) is 0 Å². The number of hydrogen-bond acceptors (Lipinski definition) is 5. The topological polar surface area (TPSA) is 95.5 Å². The van der Waals surface area contributed by atoms with Crippen LogP contribution < -0.4 is 4.74 Å². The number of hydrogen-bond donors (Lipinski definition) is 0. The molecule has 0 aliphatic heterocycles. The molecule has 0 amide bonds. The van der Waals surface area contributed by atoms with Gasteiger partial charge in [-0.25, -0.2) is 0 Å². The van der Waals surface area contributed by atoms with Gasteiger partial charge >= 0.3 is 17.6 Å². The van der Waals surface area contributed by atoms with Crippen molar-refractivity contribution in [3.8, 4) is 5.75 Å². The SMILES string of the molecule is CCOc1c([N+](=O)[O-])cc(C(F)(F)F)cc1[N+](=O)[O-]. The molecule has 0 unspecified atom stereocenters. The Hall–Kier alpha value is -2.39. The molecule has 0 radical (unpaired) electrons. The second-order valence-corrected chi connectivity index (χ2v) is 3.29. The first-order chi connectivity index (χ1) is 8.68. The second-order valence-electron chi connectivity index (χ2n) is 3.29. The monoisotopic (exact) mass is 280 g/mol. The van der Waals surface area contributed by atoms with Crippen LogP contribution >= 0.6 is 0 Å². The van der Waals surface area contributed by atoms with Gasteiger partial charge in [0, 0.05) is 12.1 Å². The molecule has 0 atom stereocenters. The molecule has 7 nitrogen and oxygen atoms in total. The van der Waals surface area contributed by atoms with E-state index >= 15 is 0 Å². The molecule has 0 saturated carbocycles. The van der Waals surface area contributed by atoms with Crippen LogP contribution in [0.3, 0.4) is 0 Å². The zero-order chi connectivity index (χ0) is 14.8. The van der Waals surface area contributed by atoms with E-state index in [0.29, 0.717) is 0 Å². The third-order valence-electron chi connectivity index (χ3n) is 2.06. The van der Waals surface area contributed by atoms with Crippen molar-refractivity contribution in [1.29, 1.82) is 0 Å². The zero-order valence-corrected chi connectivity index (χ0v) is 9.43. The lowest BCUT2D eigenvalue weighted by Gasteiger charge is -2.09. The van der Waals surface area contributed by atoms with Crippen LogP contribution in [0.25, 0.3) is 0 Å². The summed E-state index contributed by atoms with van der Waals surface area (Å²) in [4.78, 5) is 19.1. The number of nitro benzene ring substituents is 2. The number of rotatable bonds is 4.